The first kappa shape index (κ1) is 9.67. The van der Waals surface area contributed by atoms with Gasteiger partial charge in [0.05, 0.1) is 21.2 Å². The zero-order valence-corrected chi connectivity index (χ0v) is 8.23. The molecular weight excluding hydrogens is 218 g/mol. The molecule has 0 atom stereocenters. The predicted molar refractivity (Wildman–Crippen MR) is 55.7 cm³/mol. The fourth-order valence-electron chi connectivity index (χ4n) is 1.33. The van der Waals surface area contributed by atoms with E-state index in [9.17, 15) is 10.1 Å². The maximum atomic E-state index is 10.8. The van der Waals surface area contributed by atoms with Gasteiger partial charge in [0.25, 0.3) is 5.69 Å². The lowest BCUT2D eigenvalue weighted by Gasteiger charge is -2.01. The monoisotopic (exact) mass is 223 g/mol. The van der Waals surface area contributed by atoms with Crippen molar-refractivity contribution in [1.29, 1.82) is 0 Å². The minimum absolute atomic E-state index is 0.0354. The molecule has 0 aliphatic carbocycles. The predicted octanol–water partition coefficient (Wildman–Crippen LogP) is 2.64. The third-order valence-corrected chi connectivity index (χ3v) is 2.27. The van der Waals surface area contributed by atoms with Crippen molar-refractivity contribution in [3.8, 4) is 11.3 Å². The van der Waals surface area contributed by atoms with E-state index in [1.54, 1.807) is 18.2 Å². The van der Waals surface area contributed by atoms with Gasteiger partial charge < -0.3 is 0 Å². The van der Waals surface area contributed by atoms with Crippen molar-refractivity contribution < 1.29 is 4.92 Å². The highest BCUT2D eigenvalue weighted by atomic mass is 35.5. The zero-order chi connectivity index (χ0) is 10.8. The second-order valence-corrected chi connectivity index (χ2v) is 3.27. The van der Waals surface area contributed by atoms with Crippen molar-refractivity contribution >= 4 is 17.3 Å². The standard InChI is InChI=1S/C9H6ClN3O2/c10-6-2-1-3-8(13(14)15)9(6)7-4-5-11-12-7/h1-5H,(H,11,12). The molecule has 0 saturated heterocycles. The first-order chi connectivity index (χ1) is 7.20. The van der Waals surface area contributed by atoms with Gasteiger partial charge in [0.1, 0.15) is 0 Å². The molecule has 6 heteroatoms. The summed E-state index contributed by atoms with van der Waals surface area (Å²) in [4.78, 5) is 10.3. The van der Waals surface area contributed by atoms with Crippen molar-refractivity contribution in [2.45, 2.75) is 0 Å². The molecule has 0 spiro atoms. The van der Waals surface area contributed by atoms with Gasteiger partial charge >= 0.3 is 0 Å². The van der Waals surface area contributed by atoms with Crippen LogP contribution in [0.2, 0.25) is 5.02 Å². The minimum Gasteiger partial charge on any atom is -0.278 e. The fraction of sp³-hybridized carbons (Fsp3) is 0. The average Bonchev–Trinajstić information content (AvgIpc) is 2.70. The molecule has 5 nitrogen and oxygen atoms in total. The Morgan fingerprint density at radius 1 is 1.40 bits per heavy atom. The Labute approximate surface area is 89.8 Å². The SMILES string of the molecule is O=[N+]([O-])c1cccc(Cl)c1-c1ccn[nH]1. The molecule has 15 heavy (non-hydrogen) atoms. The van der Waals surface area contributed by atoms with Crippen LogP contribution in [0.15, 0.2) is 30.5 Å². The van der Waals surface area contributed by atoms with Crippen LogP contribution in [0.5, 0.6) is 0 Å². The van der Waals surface area contributed by atoms with Crippen molar-refractivity contribution in [2.24, 2.45) is 0 Å². The Hall–Kier alpha value is -1.88. The molecule has 0 amide bonds. The van der Waals surface area contributed by atoms with E-state index in [0.29, 0.717) is 16.3 Å². The number of aromatic nitrogens is 2. The smallest absolute Gasteiger partial charge is 0.278 e. The maximum absolute atomic E-state index is 10.8. The zero-order valence-electron chi connectivity index (χ0n) is 7.48. The largest absolute Gasteiger partial charge is 0.280 e. The lowest BCUT2D eigenvalue weighted by atomic mass is 10.1. The maximum Gasteiger partial charge on any atom is 0.280 e. The number of nitro benzene ring substituents is 1. The summed E-state index contributed by atoms with van der Waals surface area (Å²) in [7, 11) is 0. The van der Waals surface area contributed by atoms with Gasteiger partial charge in [-0.05, 0) is 12.1 Å². The van der Waals surface area contributed by atoms with Crippen LogP contribution < -0.4 is 0 Å². The molecule has 0 radical (unpaired) electrons. The van der Waals surface area contributed by atoms with E-state index in [4.69, 9.17) is 11.6 Å². The summed E-state index contributed by atoms with van der Waals surface area (Å²) in [5.74, 6) is 0. The Balaban J connectivity index is 2.68. The number of nitrogens with zero attached hydrogens (tertiary/aromatic N) is 2. The van der Waals surface area contributed by atoms with Crippen LogP contribution in [0.1, 0.15) is 0 Å². The number of halogens is 1. The van der Waals surface area contributed by atoms with Crippen LogP contribution in [0.4, 0.5) is 5.69 Å². The number of hydrogen-bond acceptors (Lipinski definition) is 3. The van der Waals surface area contributed by atoms with Gasteiger partial charge in [-0.1, -0.05) is 17.7 Å². The van der Waals surface area contributed by atoms with Gasteiger partial charge in [-0.3, -0.25) is 15.2 Å². The molecule has 0 fully saturated rings. The van der Waals surface area contributed by atoms with Crippen LogP contribution in [-0.2, 0) is 0 Å². The molecule has 0 aliphatic rings. The van der Waals surface area contributed by atoms with E-state index in [1.807, 2.05) is 0 Å². The van der Waals surface area contributed by atoms with Crippen molar-refractivity contribution in [3.63, 3.8) is 0 Å². The van der Waals surface area contributed by atoms with Crippen molar-refractivity contribution in [2.75, 3.05) is 0 Å². The van der Waals surface area contributed by atoms with Crippen LogP contribution in [0.25, 0.3) is 11.3 Å². The highest BCUT2D eigenvalue weighted by molar-refractivity contribution is 6.33. The molecule has 1 aromatic carbocycles. The van der Waals surface area contributed by atoms with Crippen molar-refractivity contribution in [3.05, 3.63) is 45.6 Å². The first-order valence-electron chi connectivity index (χ1n) is 4.13. The van der Waals surface area contributed by atoms with Crippen LogP contribution >= 0.6 is 11.6 Å². The molecule has 0 saturated carbocycles. The van der Waals surface area contributed by atoms with E-state index in [0.717, 1.165) is 0 Å². The second-order valence-electron chi connectivity index (χ2n) is 2.86. The molecular formula is C9H6ClN3O2. The lowest BCUT2D eigenvalue weighted by Crippen LogP contribution is -1.92. The van der Waals surface area contributed by atoms with E-state index >= 15 is 0 Å². The van der Waals surface area contributed by atoms with Crippen LogP contribution in [0, 0.1) is 10.1 Å². The summed E-state index contributed by atoms with van der Waals surface area (Å²) < 4.78 is 0. The van der Waals surface area contributed by atoms with Gasteiger partial charge in [-0.2, -0.15) is 5.10 Å². The highest BCUT2D eigenvalue weighted by Crippen LogP contribution is 2.34. The summed E-state index contributed by atoms with van der Waals surface area (Å²) in [6, 6.07) is 6.18. The number of H-pyrrole nitrogens is 1. The number of benzene rings is 1. The summed E-state index contributed by atoms with van der Waals surface area (Å²) >= 11 is 5.91. The third kappa shape index (κ3) is 1.69. The number of aromatic amines is 1. The molecule has 0 bridgehead atoms. The first-order valence-corrected chi connectivity index (χ1v) is 4.50. The van der Waals surface area contributed by atoms with E-state index in [-0.39, 0.29) is 5.69 Å². The van der Waals surface area contributed by atoms with Gasteiger partial charge in [0.15, 0.2) is 0 Å². The highest BCUT2D eigenvalue weighted by Gasteiger charge is 2.18. The third-order valence-electron chi connectivity index (χ3n) is 1.96. The summed E-state index contributed by atoms with van der Waals surface area (Å²) in [6.45, 7) is 0. The summed E-state index contributed by atoms with van der Waals surface area (Å²) in [6.07, 6.45) is 1.52. The van der Waals surface area contributed by atoms with Gasteiger partial charge in [0, 0.05) is 12.3 Å². The number of nitro groups is 1. The van der Waals surface area contributed by atoms with Gasteiger partial charge in [-0.25, -0.2) is 0 Å². The number of rotatable bonds is 2. The average molecular weight is 224 g/mol. The second kappa shape index (κ2) is 3.70. The molecule has 76 valence electrons. The summed E-state index contributed by atoms with van der Waals surface area (Å²) in [5, 5.41) is 17.5. The van der Waals surface area contributed by atoms with E-state index in [2.05, 4.69) is 10.2 Å². The number of hydrogen-bond donors (Lipinski definition) is 1. The Morgan fingerprint density at radius 2 is 2.20 bits per heavy atom. The molecule has 1 N–H and O–H groups in total. The van der Waals surface area contributed by atoms with Crippen LogP contribution in [0.3, 0.4) is 0 Å². The normalized spacial score (nSPS) is 10.2. The molecule has 0 unspecified atom stereocenters. The lowest BCUT2D eigenvalue weighted by molar-refractivity contribution is -0.384. The topological polar surface area (TPSA) is 71.8 Å². The molecule has 0 aliphatic heterocycles. The van der Waals surface area contributed by atoms with Crippen molar-refractivity contribution in [1.82, 2.24) is 10.2 Å². The Bertz CT molecular complexity index is 496. The van der Waals surface area contributed by atoms with E-state index in [1.165, 1.54) is 12.3 Å². The number of nitrogens with one attached hydrogen (secondary N) is 1. The molecule has 1 heterocycles. The quantitative estimate of drug-likeness (QED) is 0.628. The Morgan fingerprint density at radius 3 is 2.80 bits per heavy atom. The van der Waals surface area contributed by atoms with E-state index < -0.39 is 4.92 Å². The molecule has 2 rings (SSSR count). The Kier molecular flexibility index (Phi) is 2.39. The minimum atomic E-state index is -0.470. The van der Waals surface area contributed by atoms with Crippen LogP contribution in [-0.4, -0.2) is 15.1 Å². The fourth-order valence-corrected chi connectivity index (χ4v) is 1.60. The summed E-state index contributed by atoms with van der Waals surface area (Å²) in [5.41, 5.74) is 0.862. The van der Waals surface area contributed by atoms with Gasteiger partial charge in [0.2, 0.25) is 0 Å². The van der Waals surface area contributed by atoms with Gasteiger partial charge in [-0.15, -0.1) is 0 Å². The molecule has 1 aromatic heterocycles. The molecule has 2 aromatic rings.